The van der Waals surface area contributed by atoms with Gasteiger partial charge in [0.25, 0.3) is 0 Å². The number of hydrogen-bond donors (Lipinski definition) is 0. The second-order valence-electron chi connectivity index (χ2n) is 5.95. The third-order valence-electron chi connectivity index (χ3n) is 3.73. The van der Waals surface area contributed by atoms with Crippen LogP contribution in [0.25, 0.3) is 0 Å². The summed E-state index contributed by atoms with van der Waals surface area (Å²) in [6.07, 6.45) is 1.46. The van der Waals surface area contributed by atoms with E-state index in [0.29, 0.717) is 0 Å². The van der Waals surface area contributed by atoms with Crippen molar-refractivity contribution >= 4 is 29.2 Å². The molecule has 0 N–H and O–H groups in total. The summed E-state index contributed by atoms with van der Waals surface area (Å²) < 4.78 is 5.34. The normalized spacial score (nSPS) is 24.9. The molecule has 100 valence electrons. The van der Waals surface area contributed by atoms with Crippen molar-refractivity contribution in [3.05, 3.63) is 0 Å². The van der Waals surface area contributed by atoms with Gasteiger partial charge in [-0.2, -0.15) is 0 Å². The molecule has 0 atom stereocenters. The number of hydrogen-bond acceptors (Lipinski definition) is 3. The lowest BCUT2D eigenvalue weighted by Crippen LogP contribution is -2.60. The van der Waals surface area contributed by atoms with Crippen LogP contribution in [-0.4, -0.2) is 39.9 Å². The Morgan fingerprint density at radius 1 is 1.24 bits per heavy atom. The molecule has 17 heavy (non-hydrogen) atoms. The van der Waals surface area contributed by atoms with Crippen LogP contribution in [0, 0.1) is 0 Å². The molecule has 5 heteroatoms. The van der Waals surface area contributed by atoms with Crippen LogP contribution in [0.5, 0.6) is 0 Å². The highest BCUT2D eigenvalue weighted by Gasteiger charge is 2.44. The van der Waals surface area contributed by atoms with E-state index in [9.17, 15) is 4.79 Å². The van der Waals surface area contributed by atoms with E-state index in [4.69, 9.17) is 27.9 Å². The van der Waals surface area contributed by atoms with Crippen molar-refractivity contribution in [2.45, 2.75) is 62.6 Å². The van der Waals surface area contributed by atoms with E-state index < -0.39 is 10.8 Å². The first-order valence-electron chi connectivity index (χ1n) is 5.79. The second-order valence-corrected chi connectivity index (χ2v) is 7.05. The number of rotatable bonds is 2. The predicted molar refractivity (Wildman–Crippen MR) is 70.5 cm³/mol. The lowest BCUT2D eigenvalue weighted by Gasteiger charge is -2.53. The fourth-order valence-electron chi connectivity index (χ4n) is 2.58. The summed E-state index contributed by atoms with van der Waals surface area (Å²) in [5.41, 5.74) is -0.0262. The van der Waals surface area contributed by atoms with E-state index in [1.165, 1.54) is 0 Å². The molecule has 0 aromatic rings. The van der Waals surface area contributed by atoms with Crippen molar-refractivity contribution < 1.29 is 9.53 Å². The number of nitrogens with zero attached hydrogens (tertiary/aromatic N) is 1. The van der Waals surface area contributed by atoms with Crippen LogP contribution < -0.4 is 0 Å². The number of ether oxygens (including phenoxy) is 1. The summed E-state index contributed by atoms with van der Waals surface area (Å²) in [5, 5.41) is 0. The minimum Gasteiger partial charge on any atom is -0.460 e. The number of esters is 1. The number of piperidine rings is 1. The monoisotopic (exact) mass is 281 g/mol. The van der Waals surface area contributed by atoms with E-state index in [1.807, 2.05) is 0 Å². The molecule has 1 rings (SSSR count). The van der Waals surface area contributed by atoms with Crippen molar-refractivity contribution in [3.63, 3.8) is 0 Å². The van der Waals surface area contributed by atoms with E-state index in [0.717, 1.165) is 12.8 Å². The van der Waals surface area contributed by atoms with Crippen LogP contribution in [0.4, 0.5) is 0 Å². The number of halogens is 2. The molecular formula is C12H21Cl2NO2. The van der Waals surface area contributed by atoms with Gasteiger partial charge in [-0.25, -0.2) is 4.79 Å². The van der Waals surface area contributed by atoms with Crippen LogP contribution in [0.15, 0.2) is 0 Å². The van der Waals surface area contributed by atoms with Crippen LogP contribution in [0.2, 0.25) is 0 Å². The summed E-state index contributed by atoms with van der Waals surface area (Å²) in [6, 6.07) is 0. The van der Waals surface area contributed by atoms with Crippen molar-refractivity contribution in [1.82, 2.24) is 4.90 Å². The first kappa shape index (κ1) is 15.1. The van der Waals surface area contributed by atoms with Gasteiger partial charge >= 0.3 is 5.97 Å². The SMILES string of the molecule is CN1C(C)(C)CC(OC(=O)C(Cl)Cl)CC1(C)C. The molecule has 0 saturated carbocycles. The van der Waals surface area contributed by atoms with Gasteiger partial charge < -0.3 is 4.74 Å². The van der Waals surface area contributed by atoms with Gasteiger partial charge in [-0.15, -0.1) is 0 Å². The summed E-state index contributed by atoms with van der Waals surface area (Å²) in [6.45, 7) is 8.59. The van der Waals surface area contributed by atoms with Gasteiger partial charge in [-0.05, 0) is 34.7 Å². The van der Waals surface area contributed by atoms with Gasteiger partial charge in [-0.3, -0.25) is 4.90 Å². The fourth-order valence-corrected chi connectivity index (χ4v) is 2.68. The van der Waals surface area contributed by atoms with Crippen molar-refractivity contribution in [1.29, 1.82) is 0 Å². The Kier molecular flexibility index (Phi) is 4.38. The number of carbonyl (C=O) groups excluding carboxylic acids is 1. The molecule has 0 aliphatic carbocycles. The lowest BCUT2D eigenvalue weighted by molar-refractivity contribution is -0.156. The topological polar surface area (TPSA) is 29.5 Å². The van der Waals surface area contributed by atoms with Crippen LogP contribution in [-0.2, 0) is 9.53 Å². The van der Waals surface area contributed by atoms with Crippen molar-refractivity contribution in [2.75, 3.05) is 7.05 Å². The lowest BCUT2D eigenvalue weighted by atomic mass is 9.79. The minimum absolute atomic E-state index is 0.0131. The molecule has 1 heterocycles. The quantitative estimate of drug-likeness (QED) is 0.576. The summed E-state index contributed by atoms with van der Waals surface area (Å²) in [5.74, 6) is -0.547. The predicted octanol–water partition coefficient (Wildman–Crippen LogP) is 2.98. The smallest absolute Gasteiger partial charge is 0.339 e. The molecule has 1 aliphatic rings. The van der Waals surface area contributed by atoms with E-state index >= 15 is 0 Å². The molecule has 0 radical (unpaired) electrons. The molecule has 1 saturated heterocycles. The Morgan fingerprint density at radius 2 is 1.65 bits per heavy atom. The standard InChI is InChI=1S/C12H21Cl2NO2/c1-11(2)6-8(17-10(16)9(13)14)7-12(3,4)15(11)5/h8-9H,6-7H2,1-5H3. The highest BCUT2D eigenvalue weighted by molar-refractivity contribution is 6.52. The Morgan fingerprint density at radius 3 is 2.00 bits per heavy atom. The molecule has 0 bridgehead atoms. The van der Waals surface area contributed by atoms with Crippen molar-refractivity contribution in [2.24, 2.45) is 0 Å². The minimum atomic E-state index is -1.10. The van der Waals surface area contributed by atoms with Crippen LogP contribution in [0.1, 0.15) is 40.5 Å². The molecule has 1 aliphatic heterocycles. The van der Waals surface area contributed by atoms with Crippen LogP contribution >= 0.6 is 23.2 Å². The molecule has 0 spiro atoms. The molecule has 0 unspecified atom stereocenters. The third-order valence-corrected chi connectivity index (χ3v) is 4.09. The number of alkyl halides is 2. The van der Waals surface area contributed by atoms with Gasteiger partial charge in [0.15, 0.2) is 0 Å². The highest BCUT2D eigenvalue weighted by Crippen LogP contribution is 2.38. The summed E-state index contributed by atoms with van der Waals surface area (Å²) in [7, 11) is 2.10. The van der Waals surface area contributed by atoms with E-state index in [2.05, 4.69) is 39.6 Å². The zero-order valence-electron chi connectivity index (χ0n) is 11.1. The Hall–Kier alpha value is 0.01000. The van der Waals surface area contributed by atoms with Crippen LogP contribution in [0.3, 0.4) is 0 Å². The van der Waals surface area contributed by atoms with Gasteiger partial charge in [-0.1, -0.05) is 23.2 Å². The third kappa shape index (κ3) is 3.49. The zero-order valence-corrected chi connectivity index (χ0v) is 12.6. The Balaban J connectivity index is 2.75. The van der Waals surface area contributed by atoms with Gasteiger partial charge in [0.2, 0.25) is 4.84 Å². The molecule has 0 aromatic carbocycles. The second kappa shape index (κ2) is 4.94. The molecular weight excluding hydrogens is 261 g/mol. The molecule has 0 aromatic heterocycles. The zero-order chi connectivity index (χ0) is 13.4. The van der Waals surface area contributed by atoms with E-state index in [-0.39, 0.29) is 17.2 Å². The highest BCUT2D eigenvalue weighted by atomic mass is 35.5. The first-order valence-corrected chi connectivity index (χ1v) is 6.66. The average molecular weight is 282 g/mol. The summed E-state index contributed by atoms with van der Waals surface area (Å²) >= 11 is 11.0. The average Bonchev–Trinajstić information content (AvgIpc) is 2.12. The number of likely N-dealkylation sites (tertiary alicyclic amines) is 1. The molecule has 0 amide bonds. The Labute approximate surface area is 113 Å². The Bertz CT molecular complexity index is 285. The fraction of sp³-hybridized carbons (Fsp3) is 0.917. The molecule has 3 nitrogen and oxygen atoms in total. The van der Waals surface area contributed by atoms with Crippen molar-refractivity contribution in [3.8, 4) is 0 Å². The maximum Gasteiger partial charge on any atom is 0.339 e. The van der Waals surface area contributed by atoms with E-state index in [1.54, 1.807) is 0 Å². The first-order chi connectivity index (χ1) is 7.56. The summed E-state index contributed by atoms with van der Waals surface area (Å²) in [4.78, 5) is 12.6. The molecule has 1 fully saturated rings. The van der Waals surface area contributed by atoms with Gasteiger partial charge in [0, 0.05) is 23.9 Å². The largest absolute Gasteiger partial charge is 0.460 e. The van der Waals surface area contributed by atoms with Gasteiger partial charge in [0.1, 0.15) is 6.10 Å². The van der Waals surface area contributed by atoms with Gasteiger partial charge in [0.05, 0.1) is 0 Å². The maximum absolute atomic E-state index is 11.4. The number of carbonyl (C=O) groups is 1. The maximum atomic E-state index is 11.4.